The van der Waals surface area contributed by atoms with E-state index in [1.807, 2.05) is 0 Å². The van der Waals surface area contributed by atoms with Gasteiger partial charge in [-0.2, -0.15) is 0 Å². The fraction of sp³-hybridized carbons (Fsp3) is 0.167. The van der Waals surface area contributed by atoms with Gasteiger partial charge in [0.2, 0.25) is 5.91 Å². The number of aryl methyl sites for hydroxylation is 1. The van der Waals surface area contributed by atoms with Gasteiger partial charge in [0, 0.05) is 5.69 Å². The van der Waals surface area contributed by atoms with Crippen molar-refractivity contribution in [3.63, 3.8) is 0 Å². The lowest BCUT2D eigenvalue weighted by atomic mass is 10.1. The average molecular weight is 453 g/mol. The fourth-order valence-electron chi connectivity index (χ4n) is 3.05. The van der Waals surface area contributed by atoms with Gasteiger partial charge in [-0.15, -0.1) is 0 Å². The summed E-state index contributed by atoms with van der Waals surface area (Å²) in [4.78, 5) is 25.0. The number of nitrogens with one attached hydrogen (secondary N) is 1. The van der Waals surface area contributed by atoms with Crippen LogP contribution in [0.1, 0.15) is 22.8 Å². The topological polar surface area (TPSA) is 92.8 Å². The van der Waals surface area contributed by atoms with E-state index >= 15 is 0 Å². The number of sulfonamides is 1. The van der Waals surface area contributed by atoms with Gasteiger partial charge < -0.3 is 10.1 Å². The second-order valence-electron chi connectivity index (χ2n) is 6.96. The third-order valence-corrected chi connectivity index (χ3v) is 6.47. The van der Waals surface area contributed by atoms with E-state index in [4.69, 9.17) is 4.74 Å². The molecule has 3 rings (SSSR count). The van der Waals surface area contributed by atoms with Gasteiger partial charge in [-0.05, 0) is 55.8 Å². The molecule has 1 amide bonds. The molecule has 0 aliphatic heterocycles. The lowest BCUT2D eigenvalue weighted by Gasteiger charge is -2.24. The molecule has 0 aromatic heterocycles. The van der Waals surface area contributed by atoms with Crippen LogP contribution in [0.2, 0.25) is 0 Å². The largest absolute Gasteiger partial charge is 0.462 e. The molecule has 0 unspecified atom stereocenters. The van der Waals surface area contributed by atoms with Gasteiger partial charge >= 0.3 is 5.97 Å². The van der Waals surface area contributed by atoms with Crippen LogP contribution in [0, 0.1) is 6.92 Å². The Kier molecular flexibility index (Phi) is 7.27. The molecular formula is C24H24N2O5S. The Morgan fingerprint density at radius 2 is 1.56 bits per heavy atom. The van der Waals surface area contributed by atoms with Gasteiger partial charge in [0.1, 0.15) is 6.54 Å². The van der Waals surface area contributed by atoms with E-state index in [2.05, 4.69) is 5.32 Å². The highest BCUT2D eigenvalue weighted by Gasteiger charge is 2.27. The van der Waals surface area contributed by atoms with Crippen molar-refractivity contribution in [2.75, 3.05) is 22.8 Å². The smallest absolute Gasteiger partial charge is 0.338 e. The molecule has 0 heterocycles. The van der Waals surface area contributed by atoms with Crippen molar-refractivity contribution < 1.29 is 22.7 Å². The molecule has 8 heteroatoms. The van der Waals surface area contributed by atoms with E-state index in [1.54, 1.807) is 74.5 Å². The van der Waals surface area contributed by atoms with Crippen LogP contribution >= 0.6 is 0 Å². The molecule has 0 saturated heterocycles. The number of para-hydroxylation sites is 1. The van der Waals surface area contributed by atoms with E-state index in [0.717, 1.165) is 9.87 Å². The first kappa shape index (κ1) is 23.0. The number of carbonyl (C=O) groups excluding carboxylic acids is 2. The maximum absolute atomic E-state index is 13.3. The Bertz CT molecular complexity index is 1200. The predicted octanol–water partition coefficient (Wildman–Crippen LogP) is 4.01. The van der Waals surface area contributed by atoms with Crippen molar-refractivity contribution >= 4 is 33.3 Å². The van der Waals surface area contributed by atoms with Crippen molar-refractivity contribution in [2.24, 2.45) is 0 Å². The maximum Gasteiger partial charge on any atom is 0.338 e. The van der Waals surface area contributed by atoms with Crippen LogP contribution in [0.3, 0.4) is 0 Å². The van der Waals surface area contributed by atoms with Crippen molar-refractivity contribution in [3.05, 3.63) is 90.0 Å². The van der Waals surface area contributed by atoms with E-state index in [1.165, 1.54) is 18.2 Å². The molecule has 0 bridgehead atoms. The number of nitrogens with zero attached hydrogens (tertiary/aromatic N) is 1. The minimum atomic E-state index is -3.98. The summed E-state index contributed by atoms with van der Waals surface area (Å²) >= 11 is 0. The Morgan fingerprint density at radius 3 is 2.19 bits per heavy atom. The molecule has 0 fully saturated rings. The monoisotopic (exact) mass is 452 g/mol. The highest BCUT2D eigenvalue weighted by molar-refractivity contribution is 7.92. The standard InChI is InChI=1S/C24H24N2O5S/c1-3-31-24(28)19-15-14-18(2)22(16-19)25-23(27)17-26(20-10-6-4-7-11-20)32(29,30)21-12-8-5-9-13-21/h4-16H,3,17H2,1-2H3,(H,25,27). The van der Waals surface area contributed by atoms with Crippen LogP contribution in [0.4, 0.5) is 11.4 Å². The molecular weight excluding hydrogens is 428 g/mol. The number of esters is 1. The molecule has 0 spiro atoms. The highest BCUT2D eigenvalue weighted by Crippen LogP contribution is 2.24. The Hall–Kier alpha value is -3.65. The summed E-state index contributed by atoms with van der Waals surface area (Å²) in [7, 11) is -3.98. The molecule has 166 valence electrons. The lowest BCUT2D eigenvalue weighted by molar-refractivity contribution is -0.114. The molecule has 0 aliphatic carbocycles. The summed E-state index contributed by atoms with van der Waals surface area (Å²) < 4.78 is 32.6. The third kappa shape index (κ3) is 5.33. The molecule has 7 nitrogen and oxygen atoms in total. The Morgan fingerprint density at radius 1 is 0.938 bits per heavy atom. The molecule has 3 aromatic carbocycles. The van der Waals surface area contributed by atoms with Crippen molar-refractivity contribution in [1.82, 2.24) is 0 Å². The number of hydrogen-bond donors (Lipinski definition) is 1. The van der Waals surface area contributed by atoms with Crippen LogP contribution in [0.5, 0.6) is 0 Å². The number of ether oxygens (including phenoxy) is 1. The summed E-state index contributed by atoms with van der Waals surface area (Å²) in [5.74, 6) is -1.04. The van der Waals surface area contributed by atoms with Crippen molar-refractivity contribution in [1.29, 1.82) is 0 Å². The predicted molar refractivity (Wildman–Crippen MR) is 123 cm³/mol. The quantitative estimate of drug-likeness (QED) is 0.522. The summed E-state index contributed by atoms with van der Waals surface area (Å²) in [6.07, 6.45) is 0. The maximum atomic E-state index is 13.3. The van der Waals surface area contributed by atoms with Crippen LogP contribution in [0.15, 0.2) is 83.8 Å². The molecule has 1 N–H and O–H groups in total. The van der Waals surface area contributed by atoms with Crippen molar-refractivity contribution in [3.8, 4) is 0 Å². The minimum Gasteiger partial charge on any atom is -0.462 e. The minimum absolute atomic E-state index is 0.0807. The first-order valence-electron chi connectivity index (χ1n) is 10.0. The first-order valence-corrected chi connectivity index (χ1v) is 11.5. The van der Waals surface area contributed by atoms with Gasteiger partial charge in [0.05, 0.1) is 22.8 Å². The first-order chi connectivity index (χ1) is 15.3. The van der Waals surface area contributed by atoms with E-state index in [-0.39, 0.29) is 11.5 Å². The van der Waals surface area contributed by atoms with Gasteiger partial charge in [0.25, 0.3) is 10.0 Å². The summed E-state index contributed by atoms with van der Waals surface area (Å²) in [6, 6.07) is 21.2. The second-order valence-corrected chi connectivity index (χ2v) is 8.82. The lowest BCUT2D eigenvalue weighted by Crippen LogP contribution is -2.38. The molecule has 3 aromatic rings. The normalized spacial score (nSPS) is 10.9. The van der Waals surface area contributed by atoms with Gasteiger partial charge in [-0.25, -0.2) is 13.2 Å². The molecule has 0 aliphatic rings. The zero-order valence-corrected chi connectivity index (χ0v) is 18.6. The zero-order valence-electron chi connectivity index (χ0n) is 17.8. The van der Waals surface area contributed by atoms with Crippen LogP contribution in [-0.2, 0) is 19.6 Å². The molecule has 0 atom stereocenters. The van der Waals surface area contributed by atoms with Crippen LogP contribution in [0.25, 0.3) is 0 Å². The SMILES string of the molecule is CCOC(=O)c1ccc(C)c(NC(=O)CN(c2ccccc2)S(=O)(=O)c2ccccc2)c1. The van der Waals surface area contributed by atoms with Gasteiger partial charge in [-0.1, -0.05) is 42.5 Å². The Labute approximate surface area is 187 Å². The summed E-state index contributed by atoms with van der Waals surface area (Å²) in [5.41, 5.74) is 1.79. The molecule has 0 saturated carbocycles. The Balaban J connectivity index is 1.89. The third-order valence-electron chi connectivity index (χ3n) is 4.69. The second kappa shape index (κ2) is 10.1. The van der Waals surface area contributed by atoms with Crippen LogP contribution < -0.4 is 9.62 Å². The van der Waals surface area contributed by atoms with Gasteiger partial charge in [-0.3, -0.25) is 9.10 Å². The van der Waals surface area contributed by atoms with Crippen LogP contribution in [-0.4, -0.2) is 33.4 Å². The number of hydrogen-bond acceptors (Lipinski definition) is 5. The van der Waals surface area contributed by atoms with E-state index in [9.17, 15) is 18.0 Å². The average Bonchev–Trinajstić information content (AvgIpc) is 2.80. The molecule has 0 radical (unpaired) electrons. The fourth-order valence-corrected chi connectivity index (χ4v) is 4.49. The summed E-state index contributed by atoms with van der Waals surface area (Å²) in [5, 5.41) is 2.72. The number of anilines is 2. The molecule has 32 heavy (non-hydrogen) atoms. The van der Waals surface area contributed by atoms with E-state index in [0.29, 0.717) is 16.9 Å². The number of rotatable bonds is 8. The van der Waals surface area contributed by atoms with Gasteiger partial charge in [0.15, 0.2) is 0 Å². The highest BCUT2D eigenvalue weighted by atomic mass is 32.2. The number of carbonyl (C=O) groups is 2. The summed E-state index contributed by atoms with van der Waals surface area (Å²) in [6.45, 7) is 3.28. The number of amides is 1. The zero-order chi connectivity index (χ0) is 23.1. The van der Waals surface area contributed by atoms with Crippen molar-refractivity contribution in [2.45, 2.75) is 18.7 Å². The van der Waals surface area contributed by atoms with E-state index < -0.39 is 28.4 Å². The number of benzene rings is 3.